The highest BCUT2D eigenvalue weighted by Crippen LogP contribution is 2.28. The van der Waals surface area contributed by atoms with E-state index in [0.29, 0.717) is 11.3 Å². The molecule has 0 atom stereocenters. The second-order valence-corrected chi connectivity index (χ2v) is 5.92. The predicted molar refractivity (Wildman–Crippen MR) is 84.9 cm³/mol. The van der Waals surface area contributed by atoms with Gasteiger partial charge in [-0.05, 0) is 36.8 Å². The predicted octanol–water partition coefficient (Wildman–Crippen LogP) is 4.10. The second kappa shape index (κ2) is 5.66. The van der Waals surface area contributed by atoms with Crippen LogP contribution in [-0.4, -0.2) is 5.11 Å². The number of phenols is 1. The molecule has 0 amide bonds. The lowest BCUT2D eigenvalue weighted by atomic mass is 10.1. The molecule has 1 heterocycles. The Hall–Kier alpha value is -2.20. The van der Waals surface area contributed by atoms with Gasteiger partial charge in [0.15, 0.2) is 0 Å². The van der Waals surface area contributed by atoms with Crippen LogP contribution in [0.25, 0.3) is 11.0 Å². The fourth-order valence-electron chi connectivity index (χ4n) is 2.13. The van der Waals surface area contributed by atoms with Crippen LogP contribution in [-0.2, 0) is 5.75 Å². The van der Waals surface area contributed by atoms with E-state index in [0.717, 1.165) is 15.8 Å². The molecule has 0 saturated heterocycles. The van der Waals surface area contributed by atoms with Crippen molar-refractivity contribution in [3.8, 4) is 5.75 Å². The maximum atomic E-state index is 11.6. The van der Waals surface area contributed by atoms with Gasteiger partial charge in [-0.3, -0.25) is 0 Å². The van der Waals surface area contributed by atoms with Gasteiger partial charge in [0.25, 0.3) is 0 Å². The molecule has 0 radical (unpaired) electrons. The zero-order valence-corrected chi connectivity index (χ0v) is 12.3. The van der Waals surface area contributed by atoms with E-state index in [-0.39, 0.29) is 5.75 Å². The fourth-order valence-corrected chi connectivity index (χ4v) is 3.02. The number of thioether (sulfide) groups is 1. The van der Waals surface area contributed by atoms with Gasteiger partial charge in [-0.15, -0.1) is 11.8 Å². The lowest BCUT2D eigenvalue weighted by molar-refractivity contribution is 0.473. The van der Waals surface area contributed by atoms with Crippen molar-refractivity contribution >= 4 is 22.7 Å². The summed E-state index contributed by atoms with van der Waals surface area (Å²) >= 11 is 1.67. The van der Waals surface area contributed by atoms with Crippen molar-refractivity contribution in [3.63, 3.8) is 0 Å². The van der Waals surface area contributed by atoms with Gasteiger partial charge in [-0.2, -0.15) is 0 Å². The lowest BCUT2D eigenvalue weighted by Gasteiger charge is -2.06. The van der Waals surface area contributed by atoms with E-state index in [2.05, 4.69) is 31.2 Å². The minimum atomic E-state index is -0.396. The van der Waals surface area contributed by atoms with Crippen LogP contribution in [0.5, 0.6) is 5.75 Å². The van der Waals surface area contributed by atoms with Crippen LogP contribution in [0.4, 0.5) is 0 Å². The number of benzene rings is 2. The third-order valence-corrected chi connectivity index (χ3v) is 4.29. The summed E-state index contributed by atoms with van der Waals surface area (Å²) in [6.07, 6.45) is 0. The van der Waals surface area contributed by atoms with Gasteiger partial charge in [0, 0.05) is 28.2 Å². The van der Waals surface area contributed by atoms with E-state index < -0.39 is 5.63 Å². The summed E-state index contributed by atoms with van der Waals surface area (Å²) in [4.78, 5) is 12.8. The summed E-state index contributed by atoms with van der Waals surface area (Å²) in [5, 5.41) is 10.3. The number of hydrogen-bond donors (Lipinski definition) is 1. The van der Waals surface area contributed by atoms with E-state index in [1.54, 1.807) is 23.9 Å². The summed E-state index contributed by atoms with van der Waals surface area (Å²) in [5.41, 5.74) is 2.15. The first-order chi connectivity index (χ1) is 10.1. The number of aryl methyl sites for hydroxylation is 1. The summed E-state index contributed by atoms with van der Waals surface area (Å²) < 4.78 is 5.13. The Kier molecular flexibility index (Phi) is 3.71. The molecule has 3 nitrogen and oxygen atoms in total. The number of fused-ring (bicyclic) bond motifs is 1. The topological polar surface area (TPSA) is 50.4 Å². The van der Waals surface area contributed by atoms with Crippen molar-refractivity contribution in [2.24, 2.45) is 0 Å². The average Bonchev–Trinajstić information content (AvgIpc) is 2.45. The summed E-state index contributed by atoms with van der Waals surface area (Å²) in [6.45, 7) is 2.05. The Morgan fingerprint density at radius 3 is 2.62 bits per heavy atom. The Bertz CT molecular complexity index is 835. The quantitative estimate of drug-likeness (QED) is 0.584. The van der Waals surface area contributed by atoms with Crippen molar-refractivity contribution in [3.05, 3.63) is 70.1 Å². The number of phenolic OH excluding ortho intramolecular Hbond substituents is 1. The van der Waals surface area contributed by atoms with Gasteiger partial charge in [0.05, 0.1) is 0 Å². The number of aromatic hydroxyl groups is 1. The molecule has 0 fully saturated rings. The monoisotopic (exact) mass is 298 g/mol. The van der Waals surface area contributed by atoms with Crippen LogP contribution < -0.4 is 5.63 Å². The van der Waals surface area contributed by atoms with Crippen molar-refractivity contribution in [1.29, 1.82) is 0 Å². The van der Waals surface area contributed by atoms with E-state index in [4.69, 9.17) is 4.42 Å². The normalized spacial score (nSPS) is 10.9. The molecule has 0 unspecified atom stereocenters. The molecule has 3 aromatic rings. The average molecular weight is 298 g/mol. The third-order valence-electron chi connectivity index (χ3n) is 3.23. The minimum Gasteiger partial charge on any atom is -0.508 e. The molecule has 106 valence electrons. The van der Waals surface area contributed by atoms with Crippen LogP contribution in [0.2, 0.25) is 0 Å². The Morgan fingerprint density at radius 2 is 1.86 bits per heavy atom. The SMILES string of the molecule is Cc1ccc(SCc2cc(=O)oc3cc(O)ccc23)cc1. The highest BCUT2D eigenvalue weighted by Gasteiger charge is 2.07. The zero-order valence-electron chi connectivity index (χ0n) is 11.5. The van der Waals surface area contributed by atoms with E-state index in [1.807, 2.05) is 0 Å². The molecule has 1 N–H and O–H groups in total. The molecular weight excluding hydrogens is 284 g/mol. The van der Waals surface area contributed by atoms with Gasteiger partial charge < -0.3 is 9.52 Å². The molecule has 0 bridgehead atoms. The summed E-state index contributed by atoms with van der Waals surface area (Å²) in [7, 11) is 0. The van der Waals surface area contributed by atoms with Crippen molar-refractivity contribution < 1.29 is 9.52 Å². The van der Waals surface area contributed by atoms with Crippen LogP contribution in [0, 0.1) is 6.92 Å². The molecule has 0 aliphatic heterocycles. The maximum Gasteiger partial charge on any atom is 0.336 e. The van der Waals surface area contributed by atoms with Crippen LogP contribution in [0.1, 0.15) is 11.1 Å². The number of rotatable bonds is 3. The molecule has 0 saturated carbocycles. The van der Waals surface area contributed by atoms with Gasteiger partial charge in [0.2, 0.25) is 0 Å². The molecule has 21 heavy (non-hydrogen) atoms. The summed E-state index contributed by atoms with van der Waals surface area (Å²) in [6, 6.07) is 14.6. The Labute approximate surface area is 126 Å². The molecule has 1 aromatic heterocycles. The molecule has 4 heteroatoms. The molecule has 0 spiro atoms. The Morgan fingerprint density at radius 1 is 1.10 bits per heavy atom. The van der Waals surface area contributed by atoms with E-state index in [1.165, 1.54) is 17.7 Å². The van der Waals surface area contributed by atoms with Gasteiger partial charge >= 0.3 is 5.63 Å². The van der Waals surface area contributed by atoms with Crippen molar-refractivity contribution in [2.45, 2.75) is 17.6 Å². The summed E-state index contributed by atoms with van der Waals surface area (Å²) in [5.74, 6) is 0.768. The molecule has 0 aliphatic carbocycles. The smallest absolute Gasteiger partial charge is 0.336 e. The van der Waals surface area contributed by atoms with Gasteiger partial charge in [-0.1, -0.05) is 17.7 Å². The molecule has 3 rings (SSSR count). The van der Waals surface area contributed by atoms with Crippen LogP contribution in [0.3, 0.4) is 0 Å². The first-order valence-electron chi connectivity index (χ1n) is 6.57. The fraction of sp³-hybridized carbons (Fsp3) is 0.118. The highest BCUT2D eigenvalue weighted by atomic mass is 32.2. The molecular formula is C17H14O3S. The maximum absolute atomic E-state index is 11.6. The van der Waals surface area contributed by atoms with Gasteiger partial charge in [0.1, 0.15) is 11.3 Å². The first-order valence-corrected chi connectivity index (χ1v) is 7.55. The molecule has 0 aliphatic rings. The first kappa shape index (κ1) is 13.8. The van der Waals surface area contributed by atoms with Crippen LogP contribution >= 0.6 is 11.8 Å². The molecule has 2 aromatic carbocycles. The Balaban J connectivity index is 1.93. The van der Waals surface area contributed by atoms with Crippen molar-refractivity contribution in [1.82, 2.24) is 0 Å². The standard InChI is InChI=1S/C17H14O3S/c1-11-2-5-14(6-3-11)21-10-12-8-17(19)20-16-9-13(18)4-7-15(12)16/h2-9,18H,10H2,1H3. The van der Waals surface area contributed by atoms with Crippen LogP contribution in [0.15, 0.2) is 62.6 Å². The largest absolute Gasteiger partial charge is 0.508 e. The van der Waals surface area contributed by atoms with E-state index >= 15 is 0 Å². The zero-order chi connectivity index (χ0) is 14.8. The minimum absolute atomic E-state index is 0.0917. The number of hydrogen-bond acceptors (Lipinski definition) is 4. The second-order valence-electron chi connectivity index (χ2n) is 4.87. The third kappa shape index (κ3) is 3.11. The van der Waals surface area contributed by atoms with E-state index in [9.17, 15) is 9.90 Å². The highest BCUT2D eigenvalue weighted by molar-refractivity contribution is 7.98. The lowest BCUT2D eigenvalue weighted by Crippen LogP contribution is -1.99. The van der Waals surface area contributed by atoms with Crippen molar-refractivity contribution in [2.75, 3.05) is 0 Å². The van der Waals surface area contributed by atoms with Gasteiger partial charge in [-0.25, -0.2) is 4.79 Å².